The minimum absolute atomic E-state index is 0.0472. The van der Waals surface area contributed by atoms with Crippen molar-refractivity contribution in [2.24, 2.45) is 9.98 Å². The van der Waals surface area contributed by atoms with Crippen molar-refractivity contribution in [3.8, 4) is 0 Å². The summed E-state index contributed by atoms with van der Waals surface area (Å²) in [6.45, 7) is 14.4. The molecule has 3 nitrogen and oxygen atoms in total. The summed E-state index contributed by atoms with van der Waals surface area (Å²) >= 11 is 0. The van der Waals surface area contributed by atoms with Crippen molar-refractivity contribution in [1.82, 2.24) is 0 Å². The number of alkyl halides is 2. The van der Waals surface area contributed by atoms with Gasteiger partial charge >= 0.3 is 6.43 Å². The molecule has 2 aromatic carbocycles. The molecule has 0 fully saturated rings. The summed E-state index contributed by atoms with van der Waals surface area (Å²) in [5, 5.41) is 0. The predicted octanol–water partition coefficient (Wildman–Crippen LogP) is 7.54. The SMILES string of the molecule is C/C=C(\C)c1ccc(C)cc1.C=C(OC(=NC)C(F)F)c1cc(F)c(CC)c(F)c1.C=NC. The first kappa shape index (κ1) is 29.8. The molecule has 0 aliphatic rings. The molecule has 0 radical (unpaired) electrons. The Labute approximate surface area is 194 Å². The number of halogens is 4. The Morgan fingerprint density at radius 3 is 1.91 bits per heavy atom. The molecule has 0 aliphatic heterocycles. The number of allylic oxidation sites excluding steroid dienone is 2. The van der Waals surface area contributed by atoms with Crippen LogP contribution in [-0.2, 0) is 11.2 Å². The van der Waals surface area contributed by atoms with Crippen LogP contribution in [0.5, 0.6) is 0 Å². The minimum atomic E-state index is -2.92. The third-order valence-electron chi connectivity index (χ3n) is 4.39. The molecule has 0 saturated heterocycles. The second-order valence-corrected chi connectivity index (χ2v) is 6.81. The first-order valence-electron chi connectivity index (χ1n) is 10.2. The molecule has 0 bridgehead atoms. The van der Waals surface area contributed by atoms with E-state index in [0.29, 0.717) is 0 Å². The van der Waals surface area contributed by atoms with E-state index in [4.69, 9.17) is 4.74 Å². The molecule has 7 heteroatoms. The Hall–Kier alpha value is -3.22. The monoisotopic (exact) mass is 464 g/mol. The summed E-state index contributed by atoms with van der Waals surface area (Å²) in [5.41, 5.74) is 3.85. The van der Waals surface area contributed by atoms with Gasteiger partial charge in [0.1, 0.15) is 17.4 Å². The van der Waals surface area contributed by atoms with Crippen molar-refractivity contribution in [2.45, 2.75) is 40.5 Å². The van der Waals surface area contributed by atoms with E-state index < -0.39 is 24.0 Å². The molecule has 0 aromatic heterocycles. The lowest BCUT2D eigenvalue weighted by Crippen LogP contribution is -2.14. The molecular weight excluding hydrogens is 432 g/mol. The van der Waals surface area contributed by atoms with Gasteiger partial charge in [-0.15, -0.1) is 0 Å². The first-order valence-corrected chi connectivity index (χ1v) is 10.2. The lowest BCUT2D eigenvalue weighted by molar-refractivity contribution is 0.196. The van der Waals surface area contributed by atoms with E-state index in [1.165, 1.54) is 16.7 Å². The van der Waals surface area contributed by atoms with Crippen LogP contribution in [0.3, 0.4) is 0 Å². The Balaban J connectivity index is 0.000000616. The van der Waals surface area contributed by atoms with E-state index in [-0.39, 0.29) is 23.3 Å². The van der Waals surface area contributed by atoms with Gasteiger partial charge in [0.2, 0.25) is 0 Å². The van der Waals surface area contributed by atoms with Gasteiger partial charge in [0.15, 0.2) is 0 Å². The Bertz CT molecular complexity index is 942. The molecule has 0 aliphatic carbocycles. The molecule has 33 heavy (non-hydrogen) atoms. The number of rotatable bonds is 5. The summed E-state index contributed by atoms with van der Waals surface area (Å²) in [6, 6.07) is 10.6. The predicted molar refractivity (Wildman–Crippen MR) is 131 cm³/mol. The maximum Gasteiger partial charge on any atom is 0.312 e. The van der Waals surface area contributed by atoms with Crippen LogP contribution in [0.1, 0.15) is 43.0 Å². The van der Waals surface area contributed by atoms with Crippen LogP contribution in [0.25, 0.3) is 11.3 Å². The van der Waals surface area contributed by atoms with Crippen LogP contribution >= 0.6 is 0 Å². The fourth-order valence-corrected chi connectivity index (χ4v) is 2.46. The van der Waals surface area contributed by atoms with Gasteiger partial charge in [-0.2, -0.15) is 8.78 Å². The van der Waals surface area contributed by atoms with Crippen LogP contribution < -0.4 is 0 Å². The number of hydrogen-bond donors (Lipinski definition) is 0. The van der Waals surface area contributed by atoms with E-state index in [2.05, 4.69) is 74.4 Å². The zero-order chi connectivity index (χ0) is 25.6. The van der Waals surface area contributed by atoms with Gasteiger partial charge in [0.05, 0.1) is 0 Å². The summed E-state index contributed by atoms with van der Waals surface area (Å²) in [5.74, 6) is -2.68. The maximum absolute atomic E-state index is 13.5. The third kappa shape index (κ3) is 10.3. The van der Waals surface area contributed by atoms with Crippen LogP contribution in [0.15, 0.2) is 59.0 Å². The van der Waals surface area contributed by atoms with Gasteiger partial charge in [-0.05, 0) is 57.2 Å². The number of ether oxygens (including phenoxy) is 1. The van der Waals surface area contributed by atoms with Gasteiger partial charge in [-0.3, -0.25) is 4.99 Å². The van der Waals surface area contributed by atoms with Crippen molar-refractivity contribution in [2.75, 3.05) is 14.1 Å². The molecular formula is C26H32F4N2O. The molecule has 2 rings (SSSR count). The number of nitrogens with zero attached hydrogens (tertiary/aromatic N) is 2. The van der Waals surface area contributed by atoms with E-state index in [9.17, 15) is 17.6 Å². The molecule has 0 N–H and O–H groups in total. The van der Waals surface area contributed by atoms with Crippen LogP contribution in [-0.4, -0.2) is 33.1 Å². The highest BCUT2D eigenvalue weighted by atomic mass is 19.3. The normalized spacial score (nSPS) is 11.1. The van der Waals surface area contributed by atoms with Crippen molar-refractivity contribution >= 4 is 23.9 Å². The molecule has 0 saturated carbocycles. The Morgan fingerprint density at radius 2 is 1.55 bits per heavy atom. The van der Waals surface area contributed by atoms with Gasteiger partial charge in [0, 0.05) is 25.2 Å². The Kier molecular flexibility index (Phi) is 14.0. The van der Waals surface area contributed by atoms with Crippen LogP contribution in [0.2, 0.25) is 0 Å². The van der Waals surface area contributed by atoms with Crippen molar-refractivity contribution in [3.63, 3.8) is 0 Å². The smallest absolute Gasteiger partial charge is 0.312 e. The number of hydrogen-bond acceptors (Lipinski definition) is 3. The molecule has 0 heterocycles. The fourth-order valence-electron chi connectivity index (χ4n) is 2.46. The van der Waals surface area contributed by atoms with Crippen LogP contribution in [0, 0.1) is 18.6 Å². The lowest BCUT2D eigenvalue weighted by atomic mass is 10.1. The number of benzene rings is 2. The average Bonchev–Trinajstić information content (AvgIpc) is 2.77. The standard InChI is InChI=1S/C13H13F4NO.C11H14.C2H5N/c1-4-9-10(14)5-8(6-11(9)15)7(2)19-13(18-3)12(16)17;1-4-10(3)11-7-5-9(2)6-8-11;1-3-2/h5-6,12H,2,4H2,1,3H3;4-8H,1-3H3;1H2,2H3/b;10-4+;. The van der Waals surface area contributed by atoms with E-state index in [0.717, 1.165) is 19.2 Å². The first-order chi connectivity index (χ1) is 15.6. The average molecular weight is 465 g/mol. The number of aliphatic imine (C=N–C) groups is 2. The maximum atomic E-state index is 13.5. The fraction of sp³-hybridized carbons (Fsp3) is 0.308. The molecule has 0 atom stereocenters. The Morgan fingerprint density at radius 1 is 1.06 bits per heavy atom. The highest BCUT2D eigenvalue weighted by Gasteiger charge is 2.18. The summed E-state index contributed by atoms with van der Waals surface area (Å²) in [7, 11) is 2.76. The second-order valence-electron chi connectivity index (χ2n) is 6.81. The zero-order valence-electron chi connectivity index (χ0n) is 20.1. The van der Waals surface area contributed by atoms with Crippen molar-refractivity contribution in [1.29, 1.82) is 0 Å². The quantitative estimate of drug-likeness (QED) is 0.195. The van der Waals surface area contributed by atoms with Gasteiger partial charge in [-0.25, -0.2) is 8.78 Å². The summed E-state index contributed by atoms with van der Waals surface area (Å²) in [6.07, 6.45) is -0.611. The highest BCUT2D eigenvalue weighted by Crippen LogP contribution is 2.22. The summed E-state index contributed by atoms with van der Waals surface area (Å²) in [4.78, 5) is 6.48. The molecule has 0 unspecified atom stereocenters. The molecule has 0 amide bonds. The number of aryl methyl sites for hydroxylation is 1. The third-order valence-corrected chi connectivity index (χ3v) is 4.39. The summed E-state index contributed by atoms with van der Waals surface area (Å²) < 4.78 is 56.6. The topological polar surface area (TPSA) is 34.0 Å². The van der Waals surface area contributed by atoms with E-state index in [1.807, 2.05) is 0 Å². The van der Waals surface area contributed by atoms with Crippen LogP contribution in [0.4, 0.5) is 17.6 Å². The highest BCUT2D eigenvalue weighted by molar-refractivity contribution is 5.84. The zero-order valence-corrected chi connectivity index (χ0v) is 20.1. The van der Waals surface area contributed by atoms with Gasteiger partial charge < -0.3 is 9.73 Å². The molecule has 180 valence electrons. The minimum Gasteiger partial charge on any atom is -0.438 e. The van der Waals surface area contributed by atoms with Gasteiger partial charge in [-0.1, -0.05) is 49.4 Å². The largest absolute Gasteiger partial charge is 0.438 e. The van der Waals surface area contributed by atoms with Gasteiger partial charge in [0.25, 0.3) is 5.90 Å². The molecule has 2 aromatic rings. The lowest BCUT2D eigenvalue weighted by Gasteiger charge is -2.11. The van der Waals surface area contributed by atoms with E-state index >= 15 is 0 Å². The molecule has 0 spiro atoms. The van der Waals surface area contributed by atoms with E-state index in [1.54, 1.807) is 14.0 Å². The second kappa shape index (κ2) is 15.6. The van der Waals surface area contributed by atoms with Crippen molar-refractivity contribution in [3.05, 3.63) is 82.9 Å². The van der Waals surface area contributed by atoms with Crippen molar-refractivity contribution < 1.29 is 22.3 Å².